The Kier molecular flexibility index (Phi) is 3.02. The Bertz CT molecular complexity index is 630. The summed E-state index contributed by atoms with van der Waals surface area (Å²) in [7, 11) is 1.88. The molecule has 1 unspecified atom stereocenters. The number of aromatic amines is 1. The Hall–Kier alpha value is -1.48. The predicted molar refractivity (Wildman–Crippen MR) is 77.6 cm³/mol. The largest absolute Gasteiger partial charge is 0.351 e. The minimum atomic E-state index is 0.0479. The van der Waals surface area contributed by atoms with Crippen LogP contribution >= 0.6 is 11.6 Å². The number of halogens is 1. The van der Waals surface area contributed by atoms with E-state index < -0.39 is 0 Å². The highest BCUT2D eigenvalue weighted by Gasteiger charge is 2.33. The molecule has 0 aliphatic heterocycles. The Morgan fingerprint density at radius 2 is 2.16 bits per heavy atom. The lowest BCUT2D eigenvalue weighted by Crippen LogP contribution is -2.36. The third-order valence-electron chi connectivity index (χ3n) is 4.05. The van der Waals surface area contributed by atoms with Crippen molar-refractivity contribution in [2.75, 3.05) is 7.05 Å². The molecule has 0 radical (unpaired) electrons. The number of fused-ring (bicyclic) bond motifs is 1. The Labute approximate surface area is 117 Å². The molecule has 3 nitrogen and oxygen atoms in total. The van der Waals surface area contributed by atoms with Gasteiger partial charge in [-0.3, -0.25) is 4.79 Å². The van der Waals surface area contributed by atoms with Gasteiger partial charge >= 0.3 is 0 Å². The third-order valence-corrected chi connectivity index (χ3v) is 4.28. The number of H-pyrrole nitrogens is 1. The van der Waals surface area contributed by atoms with Gasteiger partial charge < -0.3 is 9.88 Å². The number of hydrogen-bond acceptors (Lipinski definition) is 1. The molecule has 4 heteroatoms. The standard InChI is InChI=1S/C15H17ClN2O/c1-9(10-3-4-10)18(2)15(19)14-8-11-7-12(16)5-6-13(11)17-14/h5-10,17H,3-4H2,1-2H3. The molecule has 3 rings (SSSR count). The van der Waals surface area contributed by atoms with Crippen molar-refractivity contribution in [3.63, 3.8) is 0 Å². The zero-order valence-electron chi connectivity index (χ0n) is 11.1. The number of amides is 1. The van der Waals surface area contributed by atoms with Crippen molar-refractivity contribution in [2.45, 2.75) is 25.8 Å². The number of nitrogens with zero attached hydrogens (tertiary/aromatic N) is 1. The van der Waals surface area contributed by atoms with Gasteiger partial charge in [-0.1, -0.05) is 11.6 Å². The minimum Gasteiger partial charge on any atom is -0.351 e. The molecule has 0 spiro atoms. The fraction of sp³-hybridized carbons (Fsp3) is 0.400. The highest BCUT2D eigenvalue weighted by atomic mass is 35.5. The number of benzene rings is 1. The van der Waals surface area contributed by atoms with Crippen molar-refractivity contribution in [1.82, 2.24) is 9.88 Å². The molecule has 1 fully saturated rings. The molecule has 1 aliphatic carbocycles. The Morgan fingerprint density at radius 1 is 1.42 bits per heavy atom. The quantitative estimate of drug-likeness (QED) is 0.912. The molecule has 0 saturated heterocycles. The van der Waals surface area contributed by atoms with Gasteiger partial charge in [-0.2, -0.15) is 0 Å². The number of aromatic nitrogens is 1. The Balaban J connectivity index is 1.88. The predicted octanol–water partition coefficient (Wildman–Crippen LogP) is 3.69. The number of rotatable bonds is 3. The summed E-state index contributed by atoms with van der Waals surface area (Å²) in [5.74, 6) is 0.722. The number of carbonyl (C=O) groups is 1. The molecular weight excluding hydrogens is 260 g/mol. The topological polar surface area (TPSA) is 36.1 Å². The second-order valence-corrected chi connectivity index (χ2v) is 5.85. The van der Waals surface area contributed by atoms with E-state index in [9.17, 15) is 4.79 Å². The van der Waals surface area contributed by atoms with E-state index in [4.69, 9.17) is 11.6 Å². The molecule has 1 aromatic carbocycles. The minimum absolute atomic E-state index is 0.0479. The normalized spacial score (nSPS) is 16.6. The van der Waals surface area contributed by atoms with Crippen LogP contribution in [0.25, 0.3) is 10.9 Å². The molecule has 0 bridgehead atoms. The van der Waals surface area contributed by atoms with Crippen molar-refractivity contribution in [3.8, 4) is 0 Å². The smallest absolute Gasteiger partial charge is 0.270 e. The molecule has 1 aliphatic rings. The van der Waals surface area contributed by atoms with Gasteiger partial charge in [0.2, 0.25) is 0 Å². The second kappa shape index (κ2) is 4.57. The maximum atomic E-state index is 12.4. The summed E-state index contributed by atoms with van der Waals surface area (Å²) >= 11 is 5.96. The van der Waals surface area contributed by atoms with E-state index in [2.05, 4.69) is 11.9 Å². The van der Waals surface area contributed by atoms with Crippen LogP contribution in [0.1, 0.15) is 30.3 Å². The van der Waals surface area contributed by atoms with Crippen LogP contribution in [-0.2, 0) is 0 Å². The SMILES string of the molecule is CC(C1CC1)N(C)C(=O)c1cc2cc(Cl)ccc2[nH]1. The maximum absolute atomic E-state index is 12.4. The van der Waals surface area contributed by atoms with Crippen molar-refractivity contribution in [3.05, 3.63) is 35.0 Å². The fourth-order valence-electron chi connectivity index (χ4n) is 2.49. The van der Waals surface area contributed by atoms with Crippen LogP contribution in [0, 0.1) is 5.92 Å². The molecule has 2 aromatic rings. The van der Waals surface area contributed by atoms with Crippen LogP contribution in [0.3, 0.4) is 0 Å². The first kappa shape index (κ1) is 12.5. The number of hydrogen-bond donors (Lipinski definition) is 1. The van der Waals surface area contributed by atoms with E-state index >= 15 is 0 Å². The van der Waals surface area contributed by atoms with Crippen molar-refractivity contribution in [1.29, 1.82) is 0 Å². The summed E-state index contributed by atoms with van der Waals surface area (Å²) in [5, 5.41) is 1.66. The molecule has 1 amide bonds. The van der Waals surface area contributed by atoms with E-state index in [0.29, 0.717) is 22.7 Å². The summed E-state index contributed by atoms with van der Waals surface area (Å²) in [6, 6.07) is 7.78. The molecule has 1 heterocycles. The van der Waals surface area contributed by atoms with Gasteiger partial charge in [0.1, 0.15) is 5.69 Å². The summed E-state index contributed by atoms with van der Waals surface area (Å²) < 4.78 is 0. The molecule has 1 N–H and O–H groups in total. The van der Waals surface area contributed by atoms with Crippen LogP contribution in [0.15, 0.2) is 24.3 Å². The summed E-state index contributed by atoms with van der Waals surface area (Å²) in [6.07, 6.45) is 2.47. The Morgan fingerprint density at radius 3 is 2.84 bits per heavy atom. The second-order valence-electron chi connectivity index (χ2n) is 5.41. The van der Waals surface area contributed by atoms with Gasteiger partial charge in [0.25, 0.3) is 5.91 Å². The van der Waals surface area contributed by atoms with Gasteiger partial charge in [0.05, 0.1) is 0 Å². The average molecular weight is 277 g/mol. The first-order chi connectivity index (χ1) is 9.06. The monoisotopic (exact) mass is 276 g/mol. The van der Waals surface area contributed by atoms with E-state index in [1.54, 1.807) is 0 Å². The van der Waals surface area contributed by atoms with Crippen LogP contribution in [0.5, 0.6) is 0 Å². The number of nitrogens with one attached hydrogen (secondary N) is 1. The van der Waals surface area contributed by atoms with Gasteiger partial charge in [-0.15, -0.1) is 0 Å². The van der Waals surface area contributed by atoms with Gasteiger partial charge in [-0.05, 0) is 49.9 Å². The van der Waals surface area contributed by atoms with E-state index in [1.165, 1.54) is 12.8 Å². The van der Waals surface area contributed by atoms with Crippen LogP contribution in [0.4, 0.5) is 0 Å². The van der Waals surface area contributed by atoms with Crippen LogP contribution in [-0.4, -0.2) is 28.9 Å². The molecular formula is C15H17ClN2O. The third kappa shape index (κ3) is 2.35. The lowest BCUT2D eigenvalue weighted by Gasteiger charge is -2.24. The fourth-order valence-corrected chi connectivity index (χ4v) is 2.67. The first-order valence-electron chi connectivity index (χ1n) is 6.61. The van der Waals surface area contributed by atoms with Gasteiger partial charge in [0, 0.05) is 29.0 Å². The van der Waals surface area contributed by atoms with Crippen molar-refractivity contribution < 1.29 is 4.79 Å². The van der Waals surface area contributed by atoms with Crippen LogP contribution in [0.2, 0.25) is 5.02 Å². The van der Waals surface area contributed by atoms with Crippen molar-refractivity contribution in [2.24, 2.45) is 5.92 Å². The van der Waals surface area contributed by atoms with Gasteiger partial charge in [0.15, 0.2) is 0 Å². The number of carbonyl (C=O) groups excluding carboxylic acids is 1. The maximum Gasteiger partial charge on any atom is 0.270 e. The molecule has 100 valence electrons. The van der Waals surface area contributed by atoms with Gasteiger partial charge in [-0.25, -0.2) is 0 Å². The molecule has 19 heavy (non-hydrogen) atoms. The zero-order chi connectivity index (χ0) is 13.6. The summed E-state index contributed by atoms with van der Waals surface area (Å²) in [6.45, 7) is 2.12. The highest BCUT2D eigenvalue weighted by molar-refractivity contribution is 6.31. The van der Waals surface area contributed by atoms with E-state index in [1.807, 2.05) is 36.2 Å². The molecule has 1 aromatic heterocycles. The van der Waals surface area contributed by atoms with E-state index in [0.717, 1.165) is 10.9 Å². The highest BCUT2D eigenvalue weighted by Crippen LogP contribution is 2.35. The lowest BCUT2D eigenvalue weighted by molar-refractivity contribution is 0.0722. The van der Waals surface area contributed by atoms with E-state index in [-0.39, 0.29) is 5.91 Å². The first-order valence-corrected chi connectivity index (χ1v) is 6.99. The zero-order valence-corrected chi connectivity index (χ0v) is 11.9. The average Bonchev–Trinajstić information content (AvgIpc) is 3.16. The summed E-state index contributed by atoms with van der Waals surface area (Å²) in [4.78, 5) is 17.4. The summed E-state index contributed by atoms with van der Waals surface area (Å²) in [5.41, 5.74) is 1.58. The van der Waals surface area contributed by atoms with Crippen LogP contribution < -0.4 is 0 Å². The molecule has 1 saturated carbocycles. The molecule has 1 atom stereocenters. The van der Waals surface area contributed by atoms with Crippen molar-refractivity contribution >= 4 is 28.4 Å². The lowest BCUT2D eigenvalue weighted by atomic mass is 10.2.